The van der Waals surface area contributed by atoms with E-state index >= 15 is 0 Å². The van der Waals surface area contributed by atoms with E-state index in [1.54, 1.807) is 42.4 Å². The van der Waals surface area contributed by atoms with Crippen molar-refractivity contribution in [3.8, 4) is 0 Å². The molecule has 32 heavy (non-hydrogen) atoms. The molecular formula is C20H27N7O2S3. The number of nitrogens with one attached hydrogen (secondary N) is 3. The predicted molar refractivity (Wildman–Crippen MR) is 131 cm³/mol. The van der Waals surface area contributed by atoms with E-state index in [1.165, 1.54) is 15.6 Å². The van der Waals surface area contributed by atoms with Crippen molar-refractivity contribution in [1.29, 1.82) is 0 Å². The maximum absolute atomic E-state index is 12.9. The van der Waals surface area contributed by atoms with E-state index in [-0.39, 0.29) is 0 Å². The van der Waals surface area contributed by atoms with Gasteiger partial charge in [-0.2, -0.15) is 4.31 Å². The lowest BCUT2D eigenvalue weighted by atomic mass is 10.2. The zero-order valence-corrected chi connectivity index (χ0v) is 20.5. The first-order valence-electron chi connectivity index (χ1n) is 10.4. The fourth-order valence-corrected chi connectivity index (χ4v) is 6.06. The van der Waals surface area contributed by atoms with E-state index in [0.717, 1.165) is 33.3 Å². The maximum Gasteiger partial charge on any atom is 0.243 e. The highest BCUT2D eigenvalue weighted by Gasteiger charge is 2.26. The largest absolute Gasteiger partial charge is 0.361 e. The quantitative estimate of drug-likeness (QED) is 0.387. The number of thioether (sulfide) groups is 1. The number of benzene rings is 1. The molecule has 0 aliphatic carbocycles. The SMILES string of the molecule is CSc1cnc(NCC(C)CNc2nc3ccc(S(=O)(=O)N4CCNCC4)cc3s2)nc1. The van der Waals surface area contributed by atoms with Crippen LogP contribution in [0.5, 0.6) is 0 Å². The summed E-state index contributed by atoms with van der Waals surface area (Å²) in [6.07, 6.45) is 5.61. The molecule has 1 aromatic carbocycles. The Morgan fingerprint density at radius 2 is 1.91 bits per heavy atom. The van der Waals surface area contributed by atoms with Crippen LogP contribution in [0.15, 0.2) is 40.4 Å². The van der Waals surface area contributed by atoms with Gasteiger partial charge in [0.15, 0.2) is 5.13 Å². The minimum atomic E-state index is -3.48. The van der Waals surface area contributed by atoms with E-state index in [0.29, 0.717) is 42.9 Å². The second kappa shape index (κ2) is 10.3. The number of piperazine rings is 1. The summed E-state index contributed by atoms with van der Waals surface area (Å²) in [5.41, 5.74) is 0.796. The summed E-state index contributed by atoms with van der Waals surface area (Å²) in [7, 11) is -3.48. The van der Waals surface area contributed by atoms with Crippen molar-refractivity contribution >= 4 is 54.4 Å². The number of nitrogens with zero attached hydrogens (tertiary/aromatic N) is 4. The van der Waals surface area contributed by atoms with Crippen molar-refractivity contribution in [3.63, 3.8) is 0 Å². The monoisotopic (exact) mass is 493 g/mol. The van der Waals surface area contributed by atoms with Gasteiger partial charge in [-0.25, -0.2) is 23.4 Å². The van der Waals surface area contributed by atoms with E-state index in [9.17, 15) is 8.42 Å². The van der Waals surface area contributed by atoms with Gasteiger partial charge in [0.2, 0.25) is 16.0 Å². The normalized spacial score (nSPS) is 16.2. The molecule has 2 aromatic heterocycles. The van der Waals surface area contributed by atoms with Gasteiger partial charge in [0.25, 0.3) is 0 Å². The molecule has 1 fully saturated rings. The molecule has 0 amide bonds. The van der Waals surface area contributed by atoms with Crippen LogP contribution >= 0.6 is 23.1 Å². The average Bonchev–Trinajstić information content (AvgIpc) is 3.24. The van der Waals surface area contributed by atoms with Crippen LogP contribution in [0.4, 0.5) is 11.1 Å². The van der Waals surface area contributed by atoms with E-state index in [4.69, 9.17) is 0 Å². The lowest BCUT2D eigenvalue weighted by molar-refractivity contribution is 0.360. The van der Waals surface area contributed by atoms with Crippen molar-refractivity contribution in [2.75, 3.05) is 56.2 Å². The molecule has 0 saturated carbocycles. The Hall–Kier alpha value is -1.99. The second-order valence-corrected chi connectivity index (χ2v) is 11.5. The fraction of sp³-hybridized carbons (Fsp3) is 0.450. The van der Waals surface area contributed by atoms with Crippen molar-refractivity contribution in [2.45, 2.75) is 16.7 Å². The summed E-state index contributed by atoms with van der Waals surface area (Å²) in [6.45, 7) is 5.92. The van der Waals surface area contributed by atoms with Gasteiger partial charge in [0.05, 0.1) is 15.1 Å². The first-order chi connectivity index (χ1) is 15.5. The molecule has 1 atom stereocenters. The number of aromatic nitrogens is 3. The van der Waals surface area contributed by atoms with Gasteiger partial charge in [0.1, 0.15) is 0 Å². The smallest absolute Gasteiger partial charge is 0.243 e. The lowest BCUT2D eigenvalue weighted by Gasteiger charge is -2.26. The zero-order chi connectivity index (χ0) is 22.6. The predicted octanol–water partition coefficient (Wildman–Crippen LogP) is 2.56. The molecule has 9 nitrogen and oxygen atoms in total. The lowest BCUT2D eigenvalue weighted by Crippen LogP contribution is -2.46. The molecule has 0 spiro atoms. The van der Waals surface area contributed by atoms with Crippen molar-refractivity contribution < 1.29 is 8.42 Å². The molecule has 0 radical (unpaired) electrons. The fourth-order valence-electron chi connectivity index (χ4n) is 3.29. The van der Waals surface area contributed by atoms with Crippen LogP contribution in [0.2, 0.25) is 0 Å². The molecule has 12 heteroatoms. The van der Waals surface area contributed by atoms with Crippen LogP contribution in [-0.4, -0.2) is 73.2 Å². The molecular weight excluding hydrogens is 466 g/mol. The molecule has 1 aliphatic rings. The maximum atomic E-state index is 12.9. The molecule has 1 saturated heterocycles. The van der Waals surface area contributed by atoms with Crippen LogP contribution in [0.25, 0.3) is 10.2 Å². The third-order valence-electron chi connectivity index (χ3n) is 5.15. The molecule has 0 bridgehead atoms. The Balaban J connectivity index is 1.35. The summed E-state index contributed by atoms with van der Waals surface area (Å²) >= 11 is 3.08. The number of hydrogen-bond acceptors (Lipinski definition) is 10. The molecule has 3 aromatic rings. The van der Waals surface area contributed by atoms with Gasteiger partial charge in [-0.15, -0.1) is 11.8 Å². The number of fused-ring (bicyclic) bond motifs is 1. The number of hydrogen-bond donors (Lipinski definition) is 3. The number of rotatable bonds is 9. The summed E-state index contributed by atoms with van der Waals surface area (Å²) in [4.78, 5) is 14.6. The highest BCUT2D eigenvalue weighted by atomic mass is 32.2. The van der Waals surface area contributed by atoms with Crippen LogP contribution in [-0.2, 0) is 10.0 Å². The number of anilines is 2. The van der Waals surface area contributed by atoms with Crippen LogP contribution in [0.3, 0.4) is 0 Å². The molecule has 1 unspecified atom stereocenters. The first-order valence-corrected chi connectivity index (χ1v) is 13.9. The van der Waals surface area contributed by atoms with Crippen LogP contribution in [0.1, 0.15) is 6.92 Å². The van der Waals surface area contributed by atoms with Gasteiger partial charge in [-0.05, 0) is 30.4 Å². The topological polar surface area (TPSA) is 112 Å². The standard InChI is InChI=1S/C20H27N7O2S3/c1-14(10-22-19-23-12-15(30-2)13-24-19)11-25-20-26-17-4-3-16(9-18(17)31-20)32(28,29)27-7-5-21-6-8-27/h3-4,9,12-14,21H,5-8,10-11H2,1-2H3,(H,25,26)(H,22,23,24). The third kappa shape index (κ3) is 5.49. The minimum absolute atomic E-state index is 0.314. The molecule has 3 N–H and O–H groups in total. The number of sulfonamides is 1. The summed E-state index contributed by atoms with van der Waals surface area (Å²) in [5, 5.41) is 10.6. The van der Waals surface area contributed by atoms with Gasteiger partial charge in [-0.1, -0.05) is 18.3 Å². The first kappa shape index (κ1) is 23.2. The van der Waals surface area contributed by atoms with E-state index in [2.05, 4.69) is 37.8 Å². The summed E-state index contributed by atoms with van der Waals surface area (Å²) in [6, 6.07) is 5.17. The molecule has 172 valence electrons. The van der Waals surface area contributed by atoms with Crippen LogP contribution in [0, 0.1) is 5.92 Å². The van der Waals surface area contributed by atoms with Crippen molar-refractivity contribution in [1.82, 2.24) is 24.6 Å². The molecule has 3 heterocycles. The average molecular weight is 494 g/mol. The molecule has 1 aliphatic heterocycles. The minimum Gasteiger partial charge on any atom is -0.361 e. The third-order valence-corrected chi connectivity index (χ3v) is 8.70. The van der Waals surface area contributed by atoms with Gasteiger partial charge < -0.3 is 16.0 Å². The van der Waals surface area contributed by atoms with Crippen molar-refractivity contribution in [2.24, 2.45) is 5.92 Å². The summed E-state index contributed by atoms with van der Waals surface area (Å²) < 4.78 is 28.2. The Morgan fingerprint density at radius 1 is 1.19 bits per heavy atom. The Morgan fingerprint density at radius 3 is 2.62 bits per heavy atom. The Labute approximate surface area is 196 Å². The highest BCUT2D eigenvalue weighted by Crippen LogP contribution is 2.29. The van der Waals surface area contributed by atoms with E-state index in [1.807, 2.05) is 6.26 Å². The summed E-state index contributed by atoms with van der Waals surface area (Å²) in [5.74, 6) is 0.933. The van der Waals surface area contributed by atoms with Gasteiger partial charge >= 0.3 is 0 Å². The highest BCUT2D eigenvalue weighted by molar-refractivity contribution is 7.98. The van der Waals surface area contributed by atoms with Crippen molar-refractivity contribution in [3.05, 3.63) is 30.6 Å². The van der Waals surface area contributed by atoms with E-state index < -0.39 is 10.0 Å². The number of thiazole rings is 1. The Bertz CT molecular complexity index is 1150. The second-order valence-electron chi connectivity index (χ2n) is 7.62. The van der Waals surface area contributed by atoms with Crippen LogP contribution < -0.4 is 16.0 Å². The molecule has 4 rings (SSSR count). The van der Waals surface area contributed by atoms with Gasteiger partial charge in [0, 0.05) is 56.6 Å². The van der Waals surface area contributed by atoms with Gasteiger partial charge in [-0.3, -0.25) is 0 Å². The zero-order valence-electron chi connectivity index (χ0n) is 18.0. The Kier molecular flexibility index (Phi) is 7.46.